The molecule has 0 radical (unpaired) electrons. The molecule has 1 aromatic rings. The van der Waals surface area contributed by atoms with E-state index in [1.165, 1.54) is 0 Å². The van der Waals surface area contributed by atoms with Crippen LogP contribution in [0.5, 0.6) is 0 Å². The molecule has 0 aromatic heterocycles. The Morgan fingerprint density at radius 1 is 1.06 bits per heavy atom. The number of benzene rings is 1. The third kappa shape index (κ3) is 5.48. The van der Waals surface area contributed by atoms with Crippen molar-refractivity contribution in [3.63, 3.8) is 0 Å². The summed E-state index contributed by atoms with van der Waals surface area (Å²) < 4.78 is 26.9. The van der Waals surface area contributed by atoms with Gasteiger partial charge in [0.05, 0.1) is 13.2 Å². The fourth-order valence-corrected chi connectivity index (χ4v) is 2.28. The topological polar surface area (TPSA) is 44.8 Å². The van der Waals surface area contributed by atoms with E-state index < -0.39 is 7.82 Å². The fourth-order valence-electron chi connectivity index (χ4n) is 1.20. The molecule has 0 aliphatic rings. The Hall–Kier alpha value is -1.11. The quantitative estimate of drug-likeness (QED) is 0.587. The van der Waals surface area contributed by atoms with Crippen molar-refractivity contribution in [2.24, 2.45) is 0 Å². The molecule has 0 fully saturated rings. The van der Waals surface area contributed by atoms with Crippen LogP contribution in [0.25, 0.3) is 0 Å². The first-order valence-electron chi connectivity index (χ1n) is 5.77. The first-order chi connectivity index (χ1) is 8.70. The van der Waals surface area contributed by atoms with Gasteiger partial charge in [-0.25, -0.2) is 4.57 Å². The average molecular weight is 268 g/mol. The van der Waals surface area contributed by atoms with E-state index in [1.807, 2.05) is 30.3 Å². The van der Waals surface area contributed by atoms with E-state index in [0.29, 0.717) is 0 Å². The van der Waals surface area contributed by atoms with E-state index in [1.54, 1.807) is 13.8 Å². The summed E-state index contributed by atoms with van der Waals surface area (Å²) >= 11 is 0. The summed E-state index contributed by atoms with van der Waals surface area (Å²) in [7, 11) is -3.44. The summed E-state index contributed by atoms with van der Waals surface area (Å²) in [6.07, 6.45) is 0. The third-order valence-electron chi connectivity index (χ3n) is 1.88. The van der Waals surface area contributed by atoms with Crippen molar-refractivity contribution in [2.45, 2.75) is 13.8 Å². The maximum absolute atomic E-state index is 11.9. The predicted octanol–water partition coefficient (Wildman–Crippen LogP) is 3.24. The van der Waals surface area contributed by atoms with Gasteiger partial charge in [-0.3, -0.25) is 13.6 Å². The van der Waals surface area contributed by atoms with Gasteiger partial charge in [0.1, 0.15) is 6.61 Å². The van der Waals surface area contributed by atoms with E-state index in [2.05, 4.69) is 11.8 Å². The van der Waals surface area contributed by atoms with Crippen LogP contribution in [0.4, 0.5) is 0 Å². The summed E-state index contributed by atoms with van der Waals surface area (Å²) in [5.74, 6) is 5.66. The van der Waals surface area contributed by atoms with Gasteiger partial charge in [0, 0.05) is 5.56 Å². The van der Waals surface area contributed by atoms with Crippen molar-refractivity contribution in [1.82, 2.24) is 0 Å². The Balaban J connectivity index is 2.49. The third-order valence-corrected chi connectivity index (χ3v) is 3.47. The maximum Gasteiger partial charge on any atom is 0.475 e. The molecule has 1 aromatic carbocycles. The smallest absolute Gasteiger partial charge is 0.287 e. The van der Waals surface area contributed by atoms with Crippen molar-refractivity contribution in [3.05, 3.63) is 35.9 Å². The molecule has 0 spiro atoms. The van der Waals surface area contributed by atoms with Crippen LogP contribution in [0.15, 0.2) is 30.3 Å². The van der Waals surface area contributed by atoms with Crippen molar-refractivity contribution in [1.29, 1.82) is 0 Å². The molecule has 0 aliphatic carbocycles. The number of rotatable bonds is 6. The molecule has 4 nitrogen and oxygen atoms in total. The second kappa shape index (κ2) is 8.07. The lowest BCUT2D eigenvalue weighted by Gasteiger charge is -2.14. The molecular formula is C13H17O4P. The molecular weight excluding hydrogens is 251 g/mol. The van der Waals surface area contributed by atoms with Gasteiger partial charge in [0.15, 0.2) is 0 Å². The minimum atomic E-state index is -3.44. The van der Waals surface area contributed by atoms with Crippen LogP contribution in [0.3, 0.4) is 0 Å². The molecule has 18 heavy (non-hydrogen) atoms. The monoisotopic (exact) mass is 268 g/mol. The second-order valence-corrected chi connectivity index (χ2v) is 4.89. The van der Waals surface area contributed by atoms with Crippen molar-refractivity contribution in [2.75, 3.05) is 19.8 Å². The van der Waals surface area contributed by atoms with Crippen LogP contribution in [0, 0.1) is 11.8 Å². The molecule has 0 aliphatic heterocycles. The van der Waals surface area contributed by atoms with E-state index in [-0.39, 0.29) is 19.8 Å². The molecule has 0 heterocycles. The van der Waals surface area contributed by atoms with Crippen molar-refractivity contribution < 1.29 is 18.1 Å². The minimum Gasteiger partial charge on any atom is -0.287 e. The zero-order chi connectivity index (χ0) is 13.3. The van der Waals surface area contributed by atoms with E-state index in [4.69, 9.17) is 13.6 Å². The lowest BCUT2D eigenvalue weighted by molar-refractivity contribution is 0.132. The van der Waals surface area contributed by atoms with Gasteiger partial charge in [0.25, 0.3) is 0 Å². The zero-order valence-electron chi connectivity index (χ0n) is 10.6. The average Bonchev–Trinajstić information content (AvgIpc) is 2.37. The Morgan fingerprint density at radius 2 is 1.67 bits per heavy atom. The molecule has 0 saturated heterocycles. The summed E-state index contributed by atoms with van der Waals surface area (Å²) in [5.41, 5.74) is 0.878. The van der Waals surface area contributed by atoms with Crippen molar-refractivity contribution in [3.8, 4) is 11.8 Å². The molecule has 0 N–H and O–H groups in total. The summed E-state index contributed by atoms with van der Waals surface area (Å²) in [5, 5.41) is 0. The summed E-state index contributed by atoms with van der Waals surface area (Å²) in [6.45, 7) is 3.99. The number of hydrogen-bond acceptors (Lipinski definition) is 4. The maximum atomic E-state index is 11.9. The highest BCUT2D eigenvalue weighted by molar-refractivity contribution is 7.48. The van der Waals surface area contributed by atoms with E-state index >= 15 is 0 Å². The fraction of sp³-hybridized carbons (Fsp3) is 0.385. The molecule has 98 valence electrons. The number of phosphoric ester groups is 1. The Bertz CT molecular complexity index is 437. The van der Waals surface area contributed by atoms with Crippen LogP contribution < -0.4 is 0 Å². The molecule has 0 atom stereocenters. The van der Waals surface area contributed by atoms with Crippen LogP contribution in [0.1, 0.15) is 19.4 Å². The lowest BCUT2D eigenvalue weighted by atomic mass is 10.2. The van der Waals surface area contributed by atoms with Crippen LogP contribution in [0.2, 0.25) is 0 Å². The predicted molar refractivity (Wildman–Crippen MR) is 70.1 cm³/mol. The Morgan fingerprint density at radius 3 is 2.22 bits per heavy atom. The highest BCUT2D eigenvalue weighted by Gasteiger charge is 2.24. The lowest BCUT2D eigenvalue weighted by Crippen LogP contribution is -2.00. The first-order valence-corrected chi connectivity index (χ1v) is 7.24. The standard InChI is InChI=1S/C13H17O4P/c1-3-15-18(14,16-4-2)17-12-8-11-13-9-6-5-7-10-13/h5-7,9-10H,3-4,12H2,1-2H3. The van der Waals surface area contributed by atoms with Gasteiger partial charge in [0.2, 0.25) is 0 Å². The second-order valence-electron chi connectivity index (χ2n) is 3.22. The molecule has 0 saturated carbocycles. The summed E-state index contributed by atoms with van der Waals surface area (Å²) in [4.78, 5) is 0. The van der Waals surface area contributed by atoms with Gasteiger partial charge in [-0.05, 0) is 26.0 Å². The molecule has 5 heteroatoms. The van der Waals surface area contributed by atoms with Crippen LogP contribution in [-0.4, -0.2) is 19.8 Å². The Kier molecular flexibility index (Phi) is 6.70. The van der Waals surface area contributed by atoms with Gasteiger partial charge >= 0.3 is 7.82 Å². The molecule has 0 amide bonds. The van der Waals surface area contributed by atoms with Crippen LogP contribution >= 0.6 is 7.82 Å². The van der Waals surface area contributed by atoms with Gasteiger partial charge in [-0.2, -0.15) is 0 Å². The van der Waals surface area contributed by atoms with Crippen LogP contribution in [-0.2, 0) is 18.1 Å². The SMILES string of the molecule is CCOP(=O)(OCC)OCC#Cc1ccccc1. The minimum absolute atomic E-state index is 0.00612. The zero-order valence-corrected chi connectivity index (χ0v) is 11.5. The molecule has 1 rings (SSSR count). The van der Waals surface area contributed by atoms with Crippen molar-refractivity contribution >= 4 is 7.82 Å². The summed E-state index contributed by atoms with van der Waals surface area (Å²) in [6, 6.07) is 9.49. The van der Waals surface area contributed by atoms with Gasteiger partial charge in [-0.15, -0.1) is 0 Å². The highest BCUT2D eigenvalue weighted by atomic mass is 31.2. The largest absolute Gasteiger partial charge is 0.475 e. The van der Waals surface area contributed by atoms with E-state index in [0.717, 1.165) is 5.56 Å². The first kappa shape index (κ1) is 14.9. The molecule has 0 bridgehead atoms. The normalized spacial score (nSPS) is 10.8. The molecule has 0 unspecified atom stereocenters. The Labute approximate surface area is 108 Å². The number of hydrogen-bond donors (Lipinski definition) is 0. The van der Waals surface area contributed by atoms with E-state index in [9.17, 15) is 4.57 Å². The highest BCUT2D eigenvalue weighted by Crippen LogP contribution is 2.48. The van der Waals surface area contributed by atoms with Gasteiger partial charge < -0.3 is 0 Å². The van der Waals surface area contributed by atoms with Gasteiger partial charge in [-0.1, -0.05) is 30.0 Å². The number of phosphoric acid groups is 1.